The largest absolute Gasteiger partial charge is 0.381 e. The van der Waals surface area contributed by atoms with Gasteiger partial charge in [-0.3, -0.25) is 0 Å². The first kappa shape index (κ1) is 25.3. The molecular formula is C28H34Cl2N6. The monoisotopic (exact) mass is 524 g/mol. The Morgan fingerprint density at radius 2 is 1.67 bits per heavy atom. The molecule has 190 valence electrons. The number of rotatable bonds is 8. The fourth-order valence-corrected chi connectivity index (χ4v) is 5.91. The second-order valence-electron chi connectivity index (χ2n) is 9.87. The predicted molar refractivity (Wildman–Crippen MR) is 149 cm³/mol. The number of nitrogens with one attached hydrogen (secondary N) is 2. The Morgan fingerprint density at radius 1 is 0.944 bits per heavy atom. The van der Waals surface area contributed by atoms with Crippen molar-refractivity contribution in [1.82, 2.24) is 20.2 Å². The Kier molecular flexibility index (Phi) is 8.27. The number of anilines is 2. The van der Waals surface area contributed by atoms with Crippen molar-refractivity contribution in [2.45, 2.75) is 63.7 Å². The summed E-state index contributed by atoms with van der Waals surface area (Å²) in [4.78, 5) is 11.8. The topological polar surface area (TPSA) is 79.1 Å². The highest BCUT2D eigenvalue weighted by Gasteiger charge is 2.26. The molecule has 8 heteroatoms. The second-order valence-corrected chi connectivity index (χ2v) is 10.7. The molecule has 1 saturated carbocycles. The summed E-state index contributed by atoms with van der Waals surface area (Å²) in [6.45, 7) is 3.70. The Bertz CT molecular complexity index is 1150. The molecule has 4 N–H and O–H groups in total. The van der Waals surface area contributed by atoms with Crippen LogP contribution in [0.1, 0.15) is 49.7 Å². The van der Waals surface area contributed by atoms with E-state index >= 15 is 0 Å². The smallest absolute Gasteiger partial charge is 0.169 e. The van der Waals surface area contributed by atoms with Gasteiger partial charge in [-0.05, 0) is 62.5 Å². The average molecular weight is 526 g/mol. The molecule has 1 aliphatic carbocycles. The maximum Gasteiger partial charge on any atom is 0.169 e. The first-order valence-electron chi connectivity index (χ1n) is 12.9. The molecule has 6 nitrogen and oxygen atoms in total. The number of likely N-dealkylation sites (tertiary alicyclic amines) is 1. The van der Waals surface area contributed by atoms with Gasteiger partial charge >= 0.3 is 0 Å². The van der Waals surface area contributed by atoms with Gasteiger partial charge in [0.1, 0.15) is 0 Å². The molecule has 36 heavy (non-hydrogen) atoms. The molecule has 0 unspecified atom stereocenters. The van der Waals surface area contributed by atoms with Crippen LogP contribution in [0.3, 0.4) is 0 Å². The number of nitrogen functional groups attached to an aromatic ring is 1. The fourth-order valence-electron chi connectivity index (χ4n) is 5.38. The van der Waals surface area contributed by atoms with Gasteiger partial charge in [0.15, 0.2) is 11.6 Å². The Balaban J connectivity index is 1.20. The van der Waals surface area contributed by atoms with Crippen molar-refractivity contribution in [3.05, 3.63) is 69.8 Å². The summed E-state index contributed by atoms with van der Waals surface area (Å²) >= 11 is 12.6. The summed E-state index contributed by atoms with van der Waals surface area (Å²) in [5.74, 6) is 0.852. The van der Waals surface area contributed by atoms with Crippen LogP contribution in [0.5, 0.6) is 0 Å². The van der Waals surface area contributed by atoms with Gasteiger partial charge < -0.3 is 21.3 Å². The highest BCUT2D eigenvalue weighted by Crippen LogP contribution is 2.28. The first-order valence-corrected chi connectivity index (χ1v) is 13.7. The third-order valence-corrected chi connectivity index (χ3v) is 8.19. The molecule has 0 spiro atoms. The molecule has 5 rings (SSSR count). The van der Waals surface area contributed by atoms with Crippen LogP contribution < -0.4 is 16.4 Å². The molecule has 1 saturated heterocycles. The molecule has 2 aromatic carbocycles. The molecule has 0 amide bonds. The molecular weight excluding hydrogens is 491 g/mol. The van der Waals surface area contributed by atoms with Crippen LogP contribution in [0.25, 0.3) is 11.3 Å². The summed E-state index contributed by atoms with van der Waals surface area (Å²) in [6.07, 6.45) is 9.77. The van der Waals surface area contributed by atoms with Crippen molar-refractivity contribution in [1.29, 1.82) is 0 Å². The minimum absolute atomic E-state index is 0.337. The number of nitrogens with zero attached hydrogens (tertiary/aromatic N) is 3. The number of nitrogens with two attached hydrogens (primary N) is 1. The van der Waals surface area contributed by atoms with E-state index in [0.29, 0.717) is 34.3 Å². The van der Waals surface area contributed by atoms with E-state index < -0.39 is 0 Å². The normalized spacial score (nSPS) is 17.5. The first-order chi connectivity index (χ1) is 17.6. The van der Waals surface area contributed by atoms with Gasteiger partial charge in [0, 0.05) is 46.3 Å². The van der Waals surface area contributed by atoms with Gasteiger partial charge in [0.05, 0.1) is 11.9 Å². The number of piperidine rings is 1. The summed E-state index contributed by atoms with van der Waals surface area (Å²) < 4.78 is 0. The molecule has 0 bridgehead atoms. The number of benzene rings is 2. The third-order valence-electron chi connectivity index (χ3n) is 7.48. The van der Waals surface area contributed by atoms with Gasteiger partial charge in [-0.15, -0.1) is 0 Å². The van der Waals surface area contributed by atoms with E-state index in [2.05, 4.69) is 44.8 Å². The predicted octanol–water partition coefficient (Wildman–Crippen LogP) is 6.14. The fraction of sp³-hybridized carbons (Fsp3) is 0.429. The average Bonchev–Trinajstić information content (AvgIpc) is 3.44. The lowest BCUT2D eigenvalue weighted by atomic mass is 10.0. The standard InChI is InChI=1S/C28H34Cl2N6/c29-24-9-4-10-25(30)23(24)17-34-28-27(31)33-18-26(35-28)20-6-3-5-19(15-20)16-32-21-11-13-36(14-12-21)22-7-1-2-8-22/h3-6,9-10,15,18,21-22,32H,1-2,7-8,11-14,16-17H2,(H2,31,33)(H,34,35). The molecule has 2 fully saturated rings. The van der Waals surface area contributed by atoms with Crippen molar-refractivity contribution < 1.29 is 0 Å². The van der Waals surface area contributed by atoms with Crippen molar-refractivity contribution in [2.24, 2.45) is 0 Å². The minimum atomic E-state index is 0.337. The SMILES string of the molecule is Nc1ncc(-c2cccc(CNC3CCN(C4CCCC4)CC3)c2)nc1NCc1c(Cl)cccc1Cl. The van der Waals surface area contributed by atoms with Gasteiger partial charge in [-0.25, -0.2) is 9.97 Å². The van der Waals surface area contributed by atoms with Crippen molar-refractivity contribution in [2.75, 3.05) is 24.1 Å². The van der Waals surface area contributed by atoms with E-state index in [1.807, 2.05) is 18.2 Å². The maximum absolute atomic E-state index is 6.30. The van der Waals surface area contributed by atoms with E-state index in [4.69, 9.17) is 33.9 Å². The second kappa shape index (κ2) is 11.8. The lowest BCUT2D eigenvalue weighted by Crippen LogP contribution is -2.45. The Labute approximate surface area is 223 Å². The van der Waals surface area contributed by atoms with Crippen LogP contribution in [0.4, 0.5) is 11.6 Å². The van der Waals surface area contributed by atoms with E-state index in [0.717, 1.165) is 29.4 Å². The summed E-state index contributed by atoms with van der Waals surface area (Å²) in [5.41, 5.74) is 9.92. The van der Waals surface area contributed by atoms with Crippen LogP contribution in [-0.4, -0.2) is 40.0 Å². The molecule has 0 atom stereocenters. The number of hydrogen-bond donors (Lipinski definition) is 3. The maximum atomic E-state index is 6.30. The van der Waals surface area contributed by atoms with E-state index in [1.165, 1.54) is 57.2 Å². The zero-order chi connectivity index (χ0) is 24.9. The van der Waals surface area contributed by atoms with Crippen LogP contribution in [0, 0.1) is 0 Å². The summed E-state index contributed by atoms with van der Waals surface area (Å²) in [6, 6.07) is 15.3. The zero-order valence-corrected chi connectivity index (χ0v) is 22.0. The van der Waals surface area contributed by atoms with Crippen molar-refractivity contribution in [3.8, 4) is 11.3 Å². The molecule has 3 aromatic rings. The highest BCUT2D eigenvalue weighted by atomic mass is 35.5. The summed E-state index contributed by atoms with van der Waals surface area (Å²) in [7, 11) is 0. The zero-order valence-electron chi connectivity index (χ0n) is 20.5. The van der Waals surface area contributed by atoms with Crippen LogP contribution in [0.15, 0.2) is 48.7 Å². The Morgan fingerprint density at radius 3 is 2.42 bits per heavy atom. The van der Waals surface area contributed by atoms with Gasteiger partial charge in [0.25, 0.3) is 0 Å². The minimum Gasteiger partial charge on any atom is -0.381 e. The third kappa shape index (κ3) is 6.12. The molecule has 0 radical (unpaired) electrons. The lowest BCUT2D eigenvalue weighted by Gasteiger charge is -2.36. The molecule has 2 heterocycles. The van der Waals surface area contributed by atoms with E-state index in [-0.39, 0.29) is 0 Å². The summed E-state index contributed by atoms with van der Waals surface area (Å²) in [5, 5.41) is 8.22. The number of aromatic nitrogens is 2. The lowest BCUT2D eigenvalue weighted by molar-refractivity contribution is 0.144. The van der Waals surface area contributed by atoms with Crippen molar-refractivity contribution in [3.63, 3.8) is 0 Å². The highest BCUT2D eigenvalue weighted by molar-refractivity contribution is 6.36. The van der Waals surface area contributed by atoms with Crippen LogP contribution >= 0.6 is 23.2 Å². The number of hydrogen-bond acceptors (Lipinski definition) is 6. The molecule has 1 aliphatic heterocycles. The van der Waals surface area contributed by atoms with Gasteiger partial charge in [-0.2, -0.15) is 0 Å². The molecule has 1 aromatic heterocycles. The Hall–Kier alpha value is -2.38. The quantitative estimate of drug-likeness (QED) is 0.328. The van der Waals surface area contributed by atoms with Crippen LogP contribution in [-0.2, 0) is 13.1 Å². The van der Waals surface area contributed by atoms with E-state index in [1.54, 1.807) is 6.20 Å². The van der Waals surface area contributed by atoms with Gasteiger partial charge in [0.2, 0.25) is 0 Å². The number of halogens is 2. The van der Waals surface area contributed by atoms with Gasteiger partial charge in [-0.1, -0.05) is 60.3 Å². The van der Waals surface area contributed by atoms with Crippen molar-refractivity contribution >= 4 is 34.8 Å². The molecule has 2 aliphatic rings. The van der Waals surface area contributed by atoms with E-state index in [9.17, 15) is 0 Å². The van der Waals surface area contributed by atoms with Crippen LogP contribution in [0.2, 0.25) is 10.0 Å².